The number of rotatable bonds is 7. The largest absolute Gasteiger partial charge is 0.298 e. The Bertz CT molecular complexity index is 420. The molecule has 0 bridgehead atoms. The Kier molecular flexibility index (Phi) is 7.04. The minimum Gasteiger partial charge on any atom is -0.298 e. The van der Waals surface area contributed by atoms with Crippen molar-refractivity contribution < 1.29 is 0 Å². The SMILES string of the molecule is CC(C)(C)C(CS)CN(CCC#N)Cc1cccnc1. The monoisotopic (exact) mass is 291 g/mol. The molecule has 1 atom stereocenters. The molecule has 110 valence electrons. The first-order valence-corrected chi connectivity index (χ1v) is 7.69. The van der Waals surface area contributed by atoms with E-state index in [1.54, 1.807) is 6.20 Å². The molecule has 0 aromatic carbocycles. The highest BCUT2D eigenvalue weighted by molar-refractivity contribution is 7.80. The van der Waals surface area contributed by atoms with Gasteiger partial charge in [-0.3, -0.25) is 9.88 Å². The van der Waals surface area contributed by atoms with Crippen molar-refractivity contribution in [3.8, 4) is 6.07 Å². The summed E-state index contributed by atoms with van der Waals surface area (Å²) in [5.74, 6) is 1.36. The summed E-state index contributed by atoms with van der Waals surface area (Å²) in [5.41, 5.74) is 1.42. The van der Waals surface area contributed by atoms with Crippen LogP contribution in [0.2, 0.25) is 0 Å². The third kappa shape index (κ3) is 5.94. The van der Waals surface area contributed by atoms with Crippen LogP contribution in [-0.2, 0) is 6.54 Å². The molecule has 1 aromatic heterocycles. The normalized spacial score (nSPS) is 13.2. The van der Waals surface area contributed by atoms with Crippen LogP contribution in [0.1, 0.15) is 32.8 Å². The lowest BCUT2D eigenvalue weighted by atomic mass is 9.81. The van der Waals surface area contributed by atoms with Crippen molar-refractivity contribution >= 4 is 12.6 Å². The molecule has 0 aliphatic carbocycles. The summed E-state index contributed by atoms with van der Waals surface area (Å²) in [4.78, 5) is 6.50. The van der Waals surface area contributed by atoms with Gasteiger partial charge in [0.1, 0.15) is 0 Å². The highest BCUT2D eigenvalue weighted by Gasteiger charge is 2.25. The smallest absolute Gasteiger partial charge is 0.0635 e. The Morgan fingerprint density at radius 1 is 1.45 bits per heavy atom. The van der Waals surface area contributed by atoms with E-state index in [0.29, 0.717) is 12.3 Å². The topological polar surface area (TPSA) is 39.9 Å². The van der Waals surface area contributed by atoms with E-state index in [1.807, 2.05) is 12.3 Å². The highest BCUT2D eigenvalue weighted by atomic mass is 32.1. The van der Waals surface area contributed by atoms with Crippen LogP contribution in [0.15, 0.2) is 24.5 Å². The second-order valence-corrected chi connectivity index (χ2v) is 6.62. The van der Waals surface area contributed by atoms with E-state index < -0.39 is 0 Å². The molecule has 3 nitrogen and oxygen atoms in total. The molecule has 0 aliphatic rings. The lowest BCUT2D eigenvalue weighted by Crippen LogP contribution is -2.36. The van der Waals surface area contributed by atoms with Gasteiger partial charge in [0, 0.05) is 38.4 Å². The molecular weight excluding hydrogens is 266 g/mol. The molecule has 0 saturated carbocycles. The van der Waals surface area contributed by atoms with Crippen LogP contribution in [0.25, 0.3) is 0 Å². The number of hydrogen-bond donors (Lipinski definition) is 1. The van der Waals surface area contributed by atoms with E-state index in [0.717, 1.165) is 25.4 Å². The Morgan fingerprint density at radius 3 is 2.70 bits per heavy atom. The van der Waals surface area contributed by atoms with E-state index in [2.05, 4.69) is 55.4 Å². The fraction of sp³-hybridized carbons (Fsp3) is 0.625. The average Bonchev–Trinajstić information content (AvgIpc) is 2.41. The molecule has 20 heavy (non-hydrogen) atoms. The summed E-state index contributed by atoms with van der Waals surface area (Å²) in [7, 11) is 0. The lowest BCUT2D eigenvalue weighted by molar-refractivity contribution is 0.161. The second kappa shape index (κ2) is 8.28. The molecule has 4 heteroatoms. The van der Waals surface area contributed by atoms with E-state index in [1.165, 1.54) is 5.56 Å². The zero-order valence-electron chi connectivity index (χ0n) is 12.7. The number of nitrogens with zero attached hydrogens (tertiary/aromatic N) is 3. The van der Waals surface area contributed by atoms with Gasteiger partial charge in [-0.15, -0.1) is 0 Å². The van der Waals surface area contributed by atoms with Crippen molar-refractivity contribution in [1.29, 1.82) is 5.26 Å². The van der Waals surface area contributed by atoms with Gasteiger partial charge in [0.2, 0.25) is 0 Å². The van der Waals surface area contributed by atoms with Crippen LogP contribution >= 0.6 is 12.6 Å². The van der Waals surface area contributed by atoms with E-state index >= 15 is 0 Å². The quantitative estimate of drug-likeness (QED) is 0.783. The van der Waals surface area contributed by atoms with Gasteiger partial charge in [0.15, 0.2) is 0 Å². The van der Waals surface area contributed by atoms with Crippen LogP contribution in [0, 0.1) is 22.7 Å². The van der Waals surface area contributed by atoms with Crippen LogP contribution in [-0.4, -0.2) is 28.7 Å². The summed E-state index contributed by atoms with van der Waals surface area (Å²) < 4.78 is 0. The number of hydrogen-bond acceptors (Lipinski definition) is 4. The molecule has 0 saturated heterocycles. The predicted octanol–water partition coefficient (Wildman–Crippen LogP) is 3.39. The molecule has 1 heterocycles. The van der Waals surface area contributed by atoms with Crippen molar-refractivity contribution in [1.82, 2.24) is 9.88 Å². The summed E-state index contributed by atoms with van der Waals surface area (Å²) >= 11 is 4.50. The lowest BCUT2D eigenvalue weighted by Gasteiger charge is -2.34. The summed E-state index contributed by atoms with van der Waals surface area (Å²) in [6.07, 6.45) is 4.24. The standard InChI is InChI=1S/C16H25N3S/c1-16(2,3)15(13-20)12-19(9-5-7-17)11-14-6-4-8-18-10-14/h4,6,8,10,15,20H,5,9,11-13H2,1-3H3. The Labute approximate surface area is 128 Å². The minimum atomic E-state index is 0.224. The first kappa shape index (κ1) is 17.0. The maximum Gasteiger partial charge on any atom is 0.0635 e. The Morgan fingerprint density at radius 2 is 2.20 bits per heavy atom. The first-order valence-electron chi connectivity index (χ1n) is 7.06. The van der Waals surface area contributed by atoms with E-state index in [-0.39, 0.29) is 5.41 Å². The molecule has 0 radical (unpaired) electrons. The first-order chi connectivity index (χ1) is 9.47. The van der Waals surface area contributed by atoms with Crippen LogP contribution in [0.5, 0.6) is 0 Å². The summed E-state index contributed by atoms with van der Waals surface area (Å²) in [6.45, 7) is 9.35. The van der Waals surface area contributed by atoms with Gasteiger partial charge >= 0.3 is 0 Å². The predicted molar refractivity (Wildman–Crippen MR) is 86.5 cm³/mol. The van der Waals surface area contributed by atoms with Crippen LogP contribution in [0.4, 0.5) is 0 Å². The van der Waals surface area contributed by atoms with Gasteiger partial charge in [0.25, 0.3) is 0 Å². The average molecular weight is 291 g/mol. The fourth-order valence-electron chi connectivity index (χ4n) is 2.11. The molecule has 0 fully saturated rings. The number of nitriles is 1. The molecule has 1 rings (SSSR count). The van der Waals surface area contributed by atoms with Crippen molar-refractivity contribution in [2.45, 2.75) is 33.7 Å². The van der Waals surface area contributed by atoms with Gasteiger partial charge in [-0.05, 0) is 28.7 Å². The third-order valence-corrected chi connectivity index (χ3v) is 4.03. The number of thiol groups is 1. The molecule has 1 aromatic rings. The summed E-state index contributed by atoms with van der Waals surface area (Å²) in [6, 6.07) is 6.28. The number of aromatic nitrogens is 1. The van der Waals surface area contributed by atoms with Gasteiger partial charge in [-0.1, -0.05) is 26.8 Å². The summed E-state index contributed by atoms with van der Waals surface area (Å²) in [5, 5.41) is 8.83. The van der Waals surface area contributed by atoms with Gasteiger partial charge in [0.05, 0.1) is 6.07 Å². The van der Waals surface area contributed by atoms with Crippen molar-refractivity contribution in [3.63, 3.8) is 0 Å². The van der Waals surface area contributed by atoms with Crippen molar-refractivity contribution in [2.24, 2.45) is 11.3 Å². The van der Waals surface area contributed by atoms with Gasteiger partial charge in [-0.25, -0.2) is 0 Å². The Balaban J connectivity index is 2.71. The van der Waals surface area contributed by atoms with Crippen molar-refractivity contribution in [2.75, 3.05) is 18.8 Å². The fourth-order valence-corrected chi connectivity index (χ4v) is 2.77. The van der Waals surface area contributed by atoms with Crippen molar-refractivity contribution in [3.05, 3.63) is 30.1 Å². The molecule has 1 unspecified atom stereocenters. The van der Waals surface area contributed by atoms with E-state index in [4.69, 9.17) is 5.26 Å². The maximum absolute atomic E-state index is 8.83. The van der Waals surface area contributed by atoms with Gasteiger partial charge < -0.3 is 0 Å². The molecule has 0 amide bonds. The van der Waals surface area contributed by atoms with Crippen LogP contribution in [0.3, 0.4) is 0 Å². The van der Waals surface area contributed by atoms with Crippen LogP contribution < -0.4 is 0 Å². The van der Waals surface area contributed by atoms with E-state index in [9.17, 15) is 0 Å². The molecular formula is C16H25N3S. The maximum atomic E-state index is 8.83. The minimum absolute atomic E-state index is 0.224. The second-order valence-electron chi connectivity index (χ2n) is 6.25. The number of pyridine rings is 1. The third-order valence-electron chi connectivity index (χ3n) is 3.59. The molecule has 0 N–H and O–H groups in total. The molecule has 0 aliphatic heterocycles. The zero-order chi connectivity index (χ0) is 15.0. The highest BCUT2D eigenvalue weighted by Crippen LogP contribution is 2.28. The molecule has 0 spiro atoms. The zero-order valence-corrected chi connectivity index (χ0v) is 13.6. The van der Waals surface area contributed by atoms with Gasteiger partial charge in [-0.2, -0.15) is 17.9 Å². The Hall–Kier alpha value is -1.05.